The molecule has 0 aliphatic rings. The molecule has 0 fully saturated rings. The van der Waals surface area contributed by atoms with E-state index in [2.05, 4.69) is 31.5 Å². The van der Waals surface area contributed by atoms with Crippen LogP contribution in [0.4, 0.5) is 0 Å². The van der Waals surface area contributed by atoms with Gasteiger partial charge in [0.15, 0.2) is 0 Å². The third-order valence-corrected chi connectivity index (χ3v) is 5.84. The highest BCUT2D eigenvalue weighted by atomic mass is 79.9. The highest BCUT2D eigenvalue weighted by Gasteiger charge is 2.15. The van der Waals surface area contributed by atoms with Gasteiger partial charge in [0.2, 0.25) is 15.9 Å². The third kappa shape index (κ3) is 6.16. The molecule has 2 aromatic carbocycles. The maximum Gasteiger partial charge on any atom is 0.269 e. The van der Waals surface area contributed by atoms with Gasteiger partial charge in [-0.05, 0) is 61.4 Å². The van der Waals surface area contributed by atoms with Crippen molar-refractivity contribution in [1.82, 2.24) is 15.6 Å². The van der Waals surface area contributed by atoms with Crippen LogP contribution in [0.3, 0.4) is 0 Å². The quantitative estimate of drug-likeness (QED) is 0.582. The zero-order valence-corrected chi connectivity index (χ0v) is 17.3. The van der Waals surface area contributed by atoms with Crippen molar-refractivity contribution >= 4 is 37.8 Å². The zero-order valence-electron chi connectivity index (χ0n) is 14.9. The molecule has 9 heteroatoms. The lowest BCUT2D eigenvalue weighted by Crippen LogP contribution is -2.42. The number of carbonyl (C=O) groups excluding carboxylic acids is 2. The van der Waals surface area contributed by atoms with Crippen LogP contribution in [0.2, 0.25) is 0 Å². The largest absolute Gasteiger partial charge is 0.273 e. The fourth-order valence-electron chi connectivity index (χ4n) is 2.13. The molecule has 0 unspecified atom stereocenters. The summed E-state index contributed by atoms with van der Waals surface area (Å²) in [4.78, 5) is 23.8. The standard InChI is InChI=1S/C18H20BrN3O4S/c1-12-3-8-16(11-13(12)2)27(25,26)20-10-9-17(23)21-22-18(24)14-4-6-15(19)7-5-14/h3-8,11,20H,9-10H2,1-2H3,(H,21,23)(H,22,24). The fourth-order valence-corrected chi connectivity index (χ4v) is 3.51. The van der Waals surface area contributed by atoms with Gasteiger partial charge >= 0.3 is 0 Å². The summed E-state index contributed by atoms with van der Waals surface area (Å²) in [6.45, 7) is 3.64. The van der Waals surface area contributed by atoms with E-state index in [1.165, 1.54) is 6.07 Å². The molecule has 3 N–H and O–H groups in total. The van der Waals surface area contributed by atoms with Crippen molar-refractivity contribution in [3.8, 4) is 0 Å². The second-order valence-corrected chi connectivity index (χ2v) is 8.59. The summed E-state index contributed by atoms with van der Waals surface area (Å²) in [5, 5.41) is 0. The lowest BCUT2D eigenvalue weighted by Gasteiger charge is -2.10. The average Bonchev–Trinajstić information content (AvgIpc) is 2.62. The van der Waals surface area contributed by atoms with Crippen LogP contribution in [0.15, 0.2) is 51.8 Å². The van der Waals surface area contributed by atoms with E-state index < -0.39 is 21.8 Å². The molecule has 2 amide bonds. The first-order chi connectivity index (χ1) is 12.7. The van der Waals surface area contributed by atoms with Crippen LogP contribution in [0.25, 0.3) is 0 Å². The number of carbonyl (C=O) groups is 2. The van der Waals surface area contributed by atoms with Gasteiger partial charge < -0.3 is 0 Å². The van der Waals surface area contributed by atoms with Gasteiger partial charge in [-0.25, -0.2) is 13.1 Å². The minimum Gasteiger partial charge on any atom is -0.273 e. The summed E-state index contributed by atoms with van der Waals surface area (Å²) in [5.41, 5.74) is 6.78. The van der Waals surface area contributed by atoms with E-state index in [1.807, 2.05) is 13.8 Å². The summed E-state index contributed by atoms with van der Waals surface area (Å²) in [5.74, 6) is -0.977. The summed E-state index contributed by atoms with van der Waals surface area (Å²) < 4.78 is 27.7. The van der Waals surface area contributed by atoms with Crippen molar-refractivity contribution in [2.45, 2.75) is 25.2 Å². The second-order valence-electron chi connectivity index (χ2n) is 5.90. The van der Waals surface area contributed by atoms with Crippen LogP contribution >= 0.6 is 15.9 Å². The molecule has 2 rings (SSSR count). The predicted octanol–water partition coefficient (Wildman–Crippen LogP) is 2.20. The number of amides is 2. The van der Waals surface area contributed by atoms with Crippen molar-refractivity contribution in [3.05, 3.63) is 63.6 Å². The third-order valence-electron chi connectivity index (χ3n) is 3.85. The van der Waals surface area contributed by atoms with Crippen LogP contribution in [0.1, 0.15) is 27.9 Å². The molecule has 0 aliphatic carbocycles. The second kappa shape index (κ2) is 9.12. The van der Waals surface area contributed by atoms with E-state index in [0.717, 1.165) is 15.6 Å². The van der Waals surface area contributed by atoms with Gasteiger partial charge in [0.05, 0.1) is 4.90 Å². The number of benzene rings is 2. The van der Waals surface area contributed by atoms with E-state index >= 15 is 0 Å². The number of hydrazine groups is 1. The van der Waals surface area contributed by atoms with E-state index in [0.29, 0.717) is 5.56 Å². The van der Waals surface area contributed by atoms with Crippen LogP contribution in [-0.2, 0) is 14.8 Å². The number of hydrogen-bond acceptors (Lipinski definition) is 4. The van der Waals surface area contributed by atoms with E-state index in [-0.39, 0.29) is 17.9 Å². The number of aryl methyl sites for hydroxylation is 2. The number of halogens is 1. The average molecular weight is 454 g/mol. The van der Waals surface area contributed by atoms with E-state index in [1.54, 1.807) is 36.4 Å². The Kier molecular flexibility index (Phi) is 7.11. The van der Waals surface area contributed by atoms with Gasteiger partial charge in [0.1, 0.15) is 0 Å². The van der Waals surface area contributed by atoms with Gasteiger partial charge in [-0.15, -0.1) is 0 Å². The fraction of sp³-hybridized carbons (Fsp3) is 0.222. The predicted molar refractivity (Wildman–Crippen MR) is 105 cm³/mol. The van der Waals surface area contributed by atoms with E-state index in [9.17, 15) is 18.0 Å². The Hall–Kier alpha value is -2.23. The first-order valence-electron chi connectivity index (χ1n) is 8.11. The molecule has 0 aromatic heterocycles. The topological polar surface area (TPSA) is 104 Å². The van der Waals surface area contributed by atoms with Crippen LogP contribution < -0.4 is 15.6 Å². The highest BCUT2D eigenvalue weighted by molar-refractivity contribution is 9.10. The lowest BCUT2D eigenvalue weighted by molar-refractivity contribution is -0.121. The first-order valence-corrected chi connectivity index (χ1v) is 10.4. The number of sulfonamides is 1. The Balaban J connectivity index is 1.80. The Morgan fingerprint density at radius 2 is 1.63 bits per heavy atom. The molecule has 2 aromatic rings. The highest BCUT2D eigenvalue weighted by Crippen LogP contribution is 2.14. The lowest BCUT2D eigenvalue weighted by atomic mass is 10.1. The molecule has 0 atom stereocenters. The summed E-state index contributed by atoms with van der Waals surface area (Å²) in [7, 11) is -3.70. The normalized spacial score (nSPS) is 11.1. The molecular weight excluding hydrogens is 434 g/mol. The molecular formula is C18H20BrN3O4S. The maximum atomic E-state index is 12.2. The number of nitrogens with one attached hydrogen (secondary N) is 3. The Bertz CT molecular complexity index is 944. The number of hydrogen-bond donors (Lipinski definition) is 3. The molecule has 0 radical (unpaired) electrons. The molecule has 0 saturated heterocycles. The molecule has 27 heavy (non-hydrogen) atoms. The molecule has 0 saturated carbocycles. The van der Waals surface area contributed by atoms with Crippen molar-refractivity contribution in [3.63, 3.8) is 0 Å². The van der Waals surface area contributed by atoms with Gasteiger partial charge in [-0.2, -0.15) is 0 Å². The Labute approximate surface area is 166 Å². The van der Waals surface area contributed by atoms with Crippen LogP contribution in [-0.4, -0.2) is 26.8 Å². The van der Waals surface area contributed by atoms with Crippen molar-refractivity contribution in [1.29, 1.82) is 0 Å². The van der Waals surface area contributed by atoms with Gasteiger partial charge in [0.25, 0.3) is 5.91 Å². The monoisotopic (exact) mass is 453 g/mol. The van der Waals surface area contributed by atoms with E-state index in [4.69, 9.17) is 0 Å². The van der Waals surface area contributed by atoms with Crippen molar-refractivity contribution in [2.75, 3.05) is 6.54 Å². The first kappa shape index (κ1) is 21.1. The summed E-state index contributed by atoms with van der Waals surface area (Å²) in [6.07, 6.45) is -0.120. The summed E-state index contributed by atoms with van der Waals surface area (Å²) in [6, 6.07) is 11.4. The molecule has 0 aliphatic heterocycles. The van der Waals surface area contributed by atoms with Crippen LogP contribution in [0, 0.1) is 13.8 Å². The molecule has 7 nitrogen and oxygen atoms in total. The maximum absolute atomic E-state index is 12.2. The molecule has 0 spiro atoms. The van der Waals surface area contributed by atoms with Gasteiger partial charge in [-0.3, -0.25) is 20.4 Å². The molecule has 144 valence electrons. The molecule has 0 bridgehead atoms. The SMILES string of the molecule is Cc1ccc(S(=O)(=O)NCCC(=O)NNC(=O)c2ccc(Br)cc2)cc1C. The zero-order chi connectivity index (χ0) is 20.0. The minimum absolute atomic E-state index is 0.0881. The van der Waals surface area contributed by atoms with Crippen molar-refractivity contribution in [2.24, 2.45) is 0 Å². The minimum atomic E-state index is -3.70. The van der Waals surface area contributed by atoms with Crippen molar-refractivity contribution < 1.29 is 18.0 Å². The van der Waals surface area contributed by atoms with Crippen LogP contribution in [0.5, 0.6) is 0 Å². The van der Waals surface area contributed by atoms with Gasteiger partial charge in [-0.1, -0.05) is 22.0 Å². The number of rotatable bonds is 6. The molecule has 0 heterocycles. The summed E-state index contributed by atoms with van der Waals surface area (Å²) >= 11 is 3.27. The smallest absolute Gasteiger partial charge is 0.269 e. The Morgan fingerprint density at radius 1 is 0.963 bits per heavy atom. The van der Waals surface area contributed by atoms with Gasteiger partial charge in [0, 0.05) is 23.0 Å². The Morgan fingerprint density at radius 3 is 2.26 bits per heavy atom.